The van der Waals surface area contributed by atoms with Gasteiger partial charge in [-0.1, -0.05) is 29.3 Å². The van der Waals surface area contributed by atoms with Crippen LogP contribution in [0.3, 0.4) is 0 Å². The zero-order valence-corrected chi connectivity index (χ0v) is 19.5. The average Bonchev–Trinajstić information content (AvgIpc) is 3.43. The molecule has 8 heteroatoms. The normalized spacial score (nSPS) is 23.0. The Labute approximate surface area is 196 Å². The molecule has 32 heavy (non-hydrogen) atoms. The summed E-state index contributed by atoms with van der Waals surface area (Å²) in [4.78, 5) is 14.8. The molecule has 3 aromatic rings. The number of hydrogen-bond acceptors (Lipinski definition) is 4. The van der Waals surface area contributed by atoms with Crippen LogP contribution in [0, 0.1) is 6.92 Å². The summed E-state index contributed by atoms with van der Waals surface area (Å²) in [6.07, 6.45) is 4.37. The number of likely N-dealkylation sites (tertiary alicyclic amines) is 1. The number of aryl methyl sites for hydroxylation is 1. The van der Waals surface area contributed by atoms with Crippen LogP contribution in [0.1, 0.15) is 29.2 Å². The number of imidazole rings is 1. The number of hydrogen-bond donors (Lipinski definition) is 1. The maximum atomic E-state index is 12.5. The third kappa shape index (κ3) is 3.65. The lowest BCUT2D eigenvalue weighted by Gasteiger charge is -2.30. The highest BCUT2D eigenvalue weighted by atomic mass is 35.5. The van der Waals surface area contributed by atoms with Crippen molar-refractivity contribution in [2.45, 2.75) is 38.0 Å². The fraction of sp³-hybridized carbons (Fsp3) is 0.375. The van der Waals surface area contributed by atoms with E-state index in [2.05, 4.69) is 4.90 Å². The van der Waals surface area contributed by atoms with Crippen molar-refractivity contribution < 1.29 is 9.84 Å². The monoisotopic (exact) mass is 473 g/mol. The van der Waals surface area contributed by atoms with Gasteiger partial charge >= 0.3 is 5.69 Å². The third-order valence-corrected chi connectivity index (χ3v) is 7.20. The molecule has 1 saturated heterocycles. The zero-order chi connectivity index (χ0) is 22.6. The van der Waals surface area contributed by atoms with Gasteiger partial charge in [-0.15, -0.1) is 0 Å². The van der Waals surface area contributed by atoms with Crippen LogP contribution in [0.2, 0.25) is 10.0 Å². The molecule has 0 bridgehead atoms. The van der Waals surface area contributed by atoms with Gasteiger partial charge in [-0.05, 0) is 49.6 Å². The lowest BCUT2D eigenvalue weighted by molar-refractivity contribution is 0.0814. The van der Waals surface area contributed by atoms with Crippen molar-refractivity contribution >= 4 is 23.2 Å². The lowest BCUT2D eigenvalue weighted by atomic mass is 10.1. The quantitative estimate of drug-likeness (QED) is 0.623. The summed E-state index contributed by atoms with van der Waals surface area (Å²) < 4.78 is 9.81. The Bertz CT molecular complexity index is 1240. The molecule has 0 spiro atoms. The second-order valence-electron chi connectivity index (χ2n) is 8.66. The maximum absolute atomic E-state index is 12.5. The summed E-state index contributed by atoms with van der Waals surface area (Å²) in [5.74, 6) is 0.706. The van der Waals surface area contributed by atoms with Crippen LogP contribution < -0.4 is 10.4 Å². The standard InChI is InChI=1S/C24H25Cl2N3O3/c1-14-20(29-9-8-27(2)24(29)31)4-3-5-22(14)32-23-18-10-15(25)11-19(26)17(18)12-21(23)28-7-6-16(30)13-28/h3-5,8-11,16,21,23,30H,6-7,12-13H2,1-2H3/t16?,21-,23-/m0/s1. The number of β-amino-alcohol motifs (C(OH)–C–C–N with tert-alkyl or cyclic N) is 1. The molecule has 3 atom stereocenters. The van der Waals surface area contributed by atoms with Gasteiger partial charge in [-0.3, -0.25) is 9.47 Å². The first kappa shape index (κ1) is 21.6. The van der Waals surface area contributed by atoms with Gasteiger partial charge in [0.2, 0.25) is 0 Å². The summed E-state index contributed by atoms with van der Waals surface area (Å²) in [5, 5.41) is 11.3. The van der Waals surface area contributed by atoms with E-state index in [-0.39, 0.29) is 23.9 Å². The van der Waals surface area contributed by atoms with Crippen molar-refractivity contribution in [3.8, 4) is 11.4 Å². The number of benzene rings is 2. The molecule has 2 aliphatic rings. The van der Waals surface area contributed by atoms with E-state index in [0.29, 0.717) is 22.3 Å². The van der Waals surface area contributed by atoms with E-state index in [4.69, 9.17) is 27.9 Å². The molecular weight excluding hydrogens is 449 g/mol. The molecule has 1 fully saturated rings. The van der Waals surface area contributed by atoms with Gasteiger partial charge in [-0.2, -0.15) is 0 Å². The van der Waals surface area contributed by atoms with Crippen LogP contribution in [0.4, 0.5) is 0 Å². The van der Waals surface area contributed by atoms with Gasteiger partial charge in [-0.25, -0.2) is 4.79 Å². The van der Waals surface area contributed by atoms with Crippen LogP contribution >= 0.6 is 23.2 Å². The van der Waals surface area contributed by atoms with Gasteiger partial charge in [0.05, 0.1) is 17.8 Å². The van der Waals surface area contributed by atoms with E-state index in [1.54, 1.807) is 34.6 Å². The molecule has 5 rings (SSSR count). The number of fused-ring (bicyclic) bond motifs is 1. The van der Waals surface area contributed by atoms with Crippen molar-refractivity contribution in [3.05, 3.63) is 79.9 Å². The molecule has 0 saturated carbocycles. The second kappa shape index (κ2) is 8.27. The van der Waals surface area contributed by atoms with Gasteiger partial charge in [0, 0.05) is 53.7 Å². The van der Waals surface area contributed by atoms with E-state index in [1.807, 2.05) is 31.2 Å². The highest BCUT2D eigenvalue weighted by Gasteiger charge is 2.41. The van der Waals surface area contributed by atoms with E-state index >= 15 is 0 Å². The maximum Gasteiger partial charge on any atom is 0.332 e. The van der Waals surface area contributed by atoms with Gasteiger partial charge < -0.3 is 14.4 Å². The average molecular weight is 474 g/mol. The lowest BCUT2D eigenvalue weighted by Crippen LogP contribution is -2.39. The number of aliphatic hydroxyl groups excluding tert-OH is 1. The molecule has 1 unspecified atom stereocenters. The molecular formula is C24H25Cl2N3O3. The van der Waals surface area contributed by atoms with Crippen LogP contribution in [0.15, 0.2) is 47.5 Å². The SMILES string of the molecule is Cc1c(O[C@H]2c3cc(Cl)cc(Cl)c3C[C@@H]2N2CCC(O)C2)cccc1-n1ccn(C)c1=O. The minimum absolute atomic E-state index is 0.0422. The third-order valence-electron chi connectivity index (χ3n) is 6.64. The molecule has 0 amide bonds. The van der Waals surface area contributed by atoms with Gasteiger partial charge in [0.1, 0.15) is 11.9 Å². The predicted octanol–water partition coefficient (Wildman–Crippen LogP) is 3.90. The Morgan fingerprint density at radius 3 is 2.69 bits per heavy atom. The summed E-state index contributed by atoms with van der Waals surface area (Å²) in [5.41, 5.74) is 3.57. The zero-order valence-electron chi connectivity index (χ0n) is 18.0. The second-order valence-corrected chi connectivity index (χ2v) is 9.51. The fourth-order valence-corrected chi connectivity index (χ4v) is 5.51. The topological polar surface area (TPSA) is 59.6 Å². The minimum atomic E-state index is -0.326. The largest absolute Gasteiger partial charge is 0.484 e. The Balaban J connectivity index is 1.55. The van der Waals surface area contributed by atoms with E-state index in [0.717, 1.165) is 41.8 Å². The predicted molar refractivity (Wildman–Crippen MR) is 125 cm³/mol. The highest BCUT2D eigenvalue weighted by Crippen LogP contribution is 2.44. The molecule has 1 N–H and O–H groups in total. The molecule has 1 aromatic heterocycles. The van der Waals surface area contributed by atoms with Crippen LogP contribution in [0.25, 0.3) is 5.69 Å². The first-order chi connectivity index (χ1) is 15.3. The number of aromatic nitrogens is 2. The van der Waals surface area contributed by atoms with Gasteiger partial charge in [0.25, 0.3) is 0 Å². The number of rotatable bonds is 4. The number of ether oxygens (including phenoxy) is 1. The van der Waals surface area contributed by atoms with Crippen LogP contribution in [0.5, 0.6) is 5.75 Å². The van der Waals surface area contributed by atoms with E-state index in [1.165, 1.54) is 0 Å². The van der Waals surface area contributed by atoms with Crippen molar-refractivity contribution in [3.63, 3.8) is 0 Å². The molecule has 2 aromatic carbocycles. The minimum Gasteiger partial charge on any atom is -0.484 e. The number of halogens is 2. The first-order valence-corrected chi connectivity index (χ1v) is 11.5. The molecule has 6 nitrogen and oxygen atoms in total. The number of aliphatic hydroxyl groups is 1. The Kier molecular flexibility index (Phi) is 5.58. The van der Waals surface area contributed by atoms with Gasteiger partial charge in [0.15, 0.2) is 0 Å². The van der Waals surface area contributed by atoms with Crippen molar-refractivity contribution in [1.82, 2.24) is 14.0 Å². The van der Waals surface area contributed by atoms with Crippen molar-refractivity contribution in [2.75, 3.05) is 13.1 Å². The van der Waals surface area contributed by atoms with Crippen molar-refractivity contribution in [2.24, 2.45) is 7.05 Å². The fourth-order valence-electron chi connectivity index (χ4n) is 4.92. The molecule has 2 heterocycles. The van der Waals surface area contributed by atoms with E-state index < -0.39 is 0 Å². The summed E-state index contributed by atoms with van der Waals surface area (Å²) in [6, 6.07) is 9.48. The highest BCUT2D eigenvalue weighted by molar-refractivity contribution is 6.35. The molecule has 0 radical (unpaired) electrons. The van der Waals surface area contributed by atoms with Crippen LogP contribution in [-0.2, 0) is 13.5 Å². The van der Waals surface area contributed by atoms with Crippen LogP contribution in [-0.4, -0.2) is 44.4 Å². The molecule has 1 aliphatic heterocycles. The Morgan fingerprint density at radius 2 is 2.00 bits per heavy atom. The Hall–Kier alpha value is -2.25. The van der Waals surface area contributed by atoms with Crippen molar-refractivity contribution in [1.29, 1.82) is 0 Å². The first-order valence-electron chi connectivity index (χ1n) is 10.7. The van der Waals surface area contributed by atoms with E-state index in [9.17, 15) is 9.90 Å². The summed E-state index contributed by atoms with van der Waals surface area (Å²) in [7, 11) is 1.73. The smallest absolute Gasteiger partial charge is 0.332 e. The Morgan fingerprint density at radius 1 is 1.19 bits per heavy atom. The molecule has 168 valence electrons. The summed E-state index contributed by atoms with van der Waals surface area (Å²) in [6.45, 7) is 3.38. The number of nitrogens with zero attached hydrogens (tertiary/aromatic N) is 3. The molecule has 1 aliphatic carbocycles. The summed E-state index contributed by atoms with van der Waals surface area (Å²) >= 11 is 12.9.